The second kappa shape index (κ2) is 7.66. The van der Waals surface area contributed by atoms with E-state index in [0.29, 0.717) is 22.4 Å². The number of Topliss-reactive ketones (excluding diaryl/α,β-unsaturated/α-hetero) is 1. The standard InChI is InChI=1S/C19H18N2O5/c1-10-15(19(24)25-4)11(2)21-16(10)17(22)12(3)26-18(23)14-7-5-13(9-20)6-8-14/h5-8,12,21H,1-4H3. The van der Waals surface area contributed by atoms with Gasteiger partial charge in [-0.25, -0.2) is 9.59 Å². The van der Waals surface area contributed by atoms with Crippen LogP contribution in [-0.2, 0) is 9.47 Å². The van der Waals surface area contributed by atoms with Crippen LogP contribution in [0.2, 0.25) is 0 Å². The maximum atomic E-state index is 12.6. The van der Waals surface area contributed by atoms with Gasteiger partial charge in [0.1, 0.15) is 0 Å². The maximum absolute atomic E-state index is 12.6. The SMILES string of the molecule is COC(=O)c1c(C)[nH]c(C(=O)C(C)OC(=O)c2ccc(C#N)cc2)c1C. The highest BCUT2D eigenvalue weighted by Gasteiger charge is 2.27. The van der Waals surface area contributed by atoms with Crippen LogP contribution in [0.1, 0.15) is 54.9 Å². The van der Waals surface area contributed by atoms with E-state index >= 15 is 0 Å². The van der Waals surface area contributed by atoms with Crippen molar-refractivity contribution in [2.45, 2.75) is 26.9 Å². The lowest BCUT2D eigenvalue weighted by molar-refractivity contribution is 0.0316. The van der Waals surface area contributed by atoms with Crippen LogP contribution in [0.3, 0.4) is 0 Å². The van der Waals surface area contributed by atoms with E-state index in [9.17, 15) is 14.4 Å². The smallest absolute Gasteiger partial charge is 0.339 e. The van der Waals surface area contributed by atoms with Crippen LogP contribution in [0, 0.1) is 25.2 Å². The monoisotopic (exact) mass is 354 g/mol. The number of aromatic nitrogens is 1. The fourth-order valence-electron chi connectivity index (χ4n) is 2.57. The van der Waals surface area contributed by atoms with E-state index in [1.54, 1.807) is 13.8 Å². The fraction of sp³-hybridized carbons (Fsp3) is 0.263. The van der Waals surface area contributed by atoms with Gasteiger partial charge < -0.3 is 14.5 Å². The molecule has 0 radical (unpaired) electrons. The Morgan fingerprint density at radius 3 is 2.27 bits per heavy atom. The molecule has 1 atom stereocenters. The first-order valence-electron chi connectivity index (χ1n) is 7.83. The van der Waals surface area contributed by atoms with Crippen molar-refractivity contribution < 1.29 is 23.9 Å². The number of ether oxygens (including phenoxy) is 2. The van der Waals surface area contributed by atoms with Crippen molar-refractivity contribution >= 4 is 17.7 Å². The first-order valence-corrected chi connectivity index (χ1v) is 7.83. The zero-order valence-corrected chi connectivity index (χ0v) is 14.9. The zero-order chi connectivity index (χ0) is 19.4. The number of nitrogens with one attached hydrogen (secondary N) is 1. The first-order chi connectivity index (χ1) is 12.3. The fourth-order valence-corrected chi connectivity index (χ4v) is 2.57. The quantitative estimate of drug-likeness (QED) is 0.653. The summed E-state index contributed by atoms with van der Waals surface area (Å²) in [6.45, 7) is 4.74. The van der Waals surface area contributed by atoms with E-state index in [4.69, 9.17) is 14.7 Å². The lowest BCUT2D eigenvalue weighted by Gasteiger charge is -2.12. The van der Waals surface area contributed by atoms with E-state index in [0.717, 1.165) is 0 Å². The largest absolute Gasteiger partial charge is 0.465 e. The van der Waals surface area contributed by atoms with Gasteiger partial charge in [-0.05, 0) is 50.6 Å². The van der Waals surface area contributed by atoms with E-state index in [1.807, 2.05) is 6.07 Å². The Morgan fingerprint density at radius 1 is 1.12 bits per heavy atom. The van der Waals surface area contributed by atoms with E-state index in [-0.39, 0.29) is 11.3 Å². The molecule has 1 aromatic heterocycles. The van der Waals surface area contributed by atoms with Gasteiger partial charge in [0.05, 0.1) is 35.6 Å². The highest BCUT2D eigenvalue weighted by Crippen LogP contribution is 2.21. The number of rotatable bonds is 5. The molecule has 0 amide bonds. The van der Waals surface area contributed by atoms with Crippen molar-refractivity contribution in [1.29, 1.82) is 5.26 Å². The minimum atomic E-state index is -1.06. The zero-order valence-electron chi connectivity index (χ0n) is 14.9. The van der Waals surface area contributed by atoms with Gasteiger partial charge in [-0.2, -0.15) is 5.26 Å². The summed E-state index contributed by atoms with van der Waals surface area (Å²) in [7, 11) is 1.26. The molecule has 0 aliphatic rings. The number of H-pyrrole nitrogens is 1. The number of nitriles is 1. The number of nitrogens with zero attached hydrogens (tertiary/aromatic N) is 1. The van der Waals surface area contributed by atoms with Crippen LogP contribution in [0.5, 0.6) is 0 Å². The summed E-state index contributed by atoms with van der Waals surface area (Å²) < 4.78 is 9.92. The molecule has 0 saturated carbocycles. The number of methoxy groups -OCH3 is 1. The van der Waals surface area contributed by atoms with Crippen molar-refractivity contribution in [2.24, 2.45) is 0 Å². The molecule has 1 N–H and O–H groups in total. The van der Waals surface area contributed by atoms with Crippen LogP contribution in [0.25, 0.3) is 0 Å². The minimum Gasteiger partial charge on any atom is -0.465 e. The number of aromatic amines is 1. The molecule has 2 rings (SSSR count). The molecule has 0 bridgehead atoms. The highest BCUT2D eigenvalue weighted by atomic mass is 16.5. The van der Waals surface area contributed by atoms with Gasteiger partial charge in [-0.3, -0.25) is 4.79 Å². The summed E-state index contributed by atoms with van der Waals surface area (Å²) in [6.07, 6.45) is -1.06. The molecule has 0 aliphatic carbocycles. The van der Waals surface area contributed by atoms with E-state index in [1.165, 1.54) is 38.3 Å². The molecule has 1 aromatic carbocycles. The summed E-state index contributed by atoms with van der Waals surface area (Å²) in [5, 5.41) is 8.77. The number of aryl methyl sites for hydroxylation is 1. The third kappa shape index (κ3) is 3.64. The lowest BCUT2D eigenvalue weighted by Crippen LogP contribution is -2.25. The number of hydrogen-bond acceptors (Lipinski definition) is 6. The van der Waals surface area contributed by atoms with Crippen molar-refractivity contribution in [3.63, 3.8) is 0 Å². The lowest BCUT2D eigenvalue weighted by atomic mass is 10.1. The summed E-state index contributed by atoms with van der Waals surface area (Å²) in [6, 6.07) is 7.85. The van der Waals surface area contributed by atoms with Crippen molar-refractivity contribution in [1.82, 2.24) is 4.98 Å². The Labute approximate surface area is 150 Å². The second-order valence-electron chi connectivity index (χ2n) is 5.72. The number of hydrogen-bond donors (Lipinski definition) is 1. The van der Waals surface area contributed by atoms with Gasteiger partial charge in [0, 0.05) is 5.69 Å². The Morgan fingerprint density at radius 2 is 1.73 bits per heavy atom. The molecular weight excluding hydrogens is 336 g/mol. The van der Waals surface area contributed by atoms with Gasteiger partial charge in [-0.15, -0.1) is 0 Å². The summed E-state index contributed by atoms with van der Waals surface area (Å²) in [5.74, 6) is -1.68. The first kappa shape index (κ1) is 18.9. The van der Waals surface area contributed by atoms with Crippen LogP contribution in [-0.4, -0.2) is 35.9 Å². The van der Waals surface area contributed by atoms with Gasteiger partial charge >= 0.3 is 11.9 Å². The van der Waals surface area contributed by atoms with Gasteiger partial charge in [-0.1, -0.05) is 0 Å². The number of benzene rings is 1. The molecule has 2 aromatic rings. The molecule has 0 spiro atoms. The topological polar surface area (TPSA) is 109 Å². The normalized spacial score (nSPS) is 11.3. The number of carbonyl (C=O) groups is 3. The predicted molar refractivity (Wildman–Crippen MR) is 92.0 cm³/mol. The summed E-state index contributed by atoms with van der Waals surface area (Å²) in [5.41, 5.74) is 2.09. The van der Waals surface area contributed by atoms with Gasteiger partial charge in [0.2, 0.25) is 5.78 Å². The Balaban J connectivity index is 2.18. The van der Waals surface area contributed by atoms with Gasteiger partial charge in [0.15, 0.2) is 6.10 Å². The summed E-state index contributed by atoms with van der Waals surface area (Å²) >= 11 is 0. The van der Waals surface area contributed by atoms with E-state index in [2.05, 4.69) is 4.98 Å². The molecule has 0 saturated heterocycles. The van der Waals surface area contributed by atoms with Crippen molar-refractivity contribution in [3.8, 4) is 6.07 Å². The number of esters is 2. The third-order valence-corrected chi connectivity index (χ3v) is 3.98. The Bertz CT molecular complexity index is 903. The molecule has 26 heavy (non-hydrogen) atoms. The van der Waals surface area contributed by atoms with Crippen LogP contribution in [0.15, 0.2) is 24.3 Å². The number of ketones is 1. The molecule has 0 fully saturated rings. The van der Waals surface area contributed by atoms with Crippen LogP contribution in [0.4, 0.5) is 0 Å². The molecule has 134 valence electrons. The average Bonchev–Trinajstić information content (AvgIpc) is 2.94. The Kier molecular flexibility index (Phi) is 5.58. The molecule has 7 heteroatoms. The minimum absolute atomic E-state index is 0.197. The molecule has 1 unspecified atom stereocenters. The van der Waals surface area contributed by atoms with Gasteiger partial charge in [0.25, 0.3) is 0 Å². The molecule has 1 heterocycles. The van der Waals surface area contributed by atoms with Crippen molar-refractivity contribution in [2.75, 3.05) is 7.11 Å². The maximum Gasteiger partial charge on any atom is 0.339 e. The van der Waals surface area contributed by atoms with E-state index < -0.39 is 23.8 Å². The average molecular weight is 354 g/mol. The molecular formula is C19H18N2O5. The Hall–Kier alpha value is -3.40. The number of carbonyl (C=O) groups excluding carboxylic acids is 3. The van der Waals surface area contributed by atoms with Crippen molar-refractivity contribution in [3.05, 3.63) is 57.9 Å². The second-order valence-corrected chi connectivity index (χ2v) is 5.72. The third-order valence-electron chi connectivity index (χ3n) is 3.98. The molecule has 7 nitrogen and oxygen atoms in total. The highest BCUT2D eigenvalue weighted by molar-refractivity contribution is 6.04. The van der Waals surface area contributed by atoms with Crippen LogP contribution >= 0.6 is 0 Å². The molecule has 0 aliphatic heterocycles. The summed E-state index contributed by atoms with van der Waals surface area (Å²) in [4.78, 5) is 39.4. The predicted octanol–water partition coefficient (Wildman–Crippen LogP) is 2.72. The van der Waals surface area contributed by atoms with Crippen LogP contribution < -0.4 is 0 Å².